The second-order valence-corrected chi connectivity index (χ2v) is 7.60. The van der Waals surface area contributed by atoms with Gasteiger partial charge in [0.2, 0.25) is 0 Å². The lowest BCUT2D eigenvalue weighted by Gasteiger charge is -2.41. The number of benzene rings is 1. The van der Waals surface area contributed by atoms with Gasteiger partial charge in [-0.1, -0.05) is 30.3 Å². The number of rotatable bonds is 8. The molecule has 1 aromatic heterocycles. The summed E-state index contributed by atoms with van der Waals surface area (Å²) in [6.07, 6.45) is 6.07. The van der Waals surface area contributed by atoms with Crippen LogP contribution in [-0.2, 0) is 13.0 Å². The van der Waals surface area contributed by atoms with Gasteiger partial charge >= 0.3 is 0 Å². The van der Waals surface area contributed by atoms with Crippen LogP contribution in [0.4, 0.5) is 0 Å². The van der Waals surface area contributed by atoms with Crippen molar-refractivity contribution in [2.45, 2.75) is 45.3 Å². The second kappa shape index (κ2) is 9.31. The third-order valence-corrected chi connectivity index (χ3v) is 5.27. The zero-order chi connectivity index (χ0) is 18.4. The van der Waals surface area contributed by atoms with E-state index < -0.39 is 0 Å². The highest BCUT2D eigenvalue weighted by atomic mass is 16.3. The van der Waals surface area contributed by atoms with E-state index in [2.05, 4.69) is 65.3 Å². The van der Waals surface area contributed by atoms with Gasteiger partial charge in [0.25, 0.3) is 0 Å². The minimum atomic E-state index is 0.256. The molecule has 2 aromatic rings. The fourth-order valence-corrected chi connectivity index (χ4v) is 3.74. The highest BCUT2D eigenvalue weighted by molar-refractivity contribution is 5.15. The maximum atomic E-state index is 9.50. The van der Waals surface area contributed by atoms with Crippen LogP contribution < -0.4 is 0 Å². The second-order valence-electron chi connectivity index (χ2n) is 7.60. The van der Waals surface area contributed by atoms with Crippen LogP contribution in [0, 0.1) is 0 Å². The Balaban J connectivity index is 1.54. The molecule has 0 aliphatic carbocycles. The molecule has 0 amide bonds. The summed E-state index contributed by atoms with van der Waals surface area (Å²) in [5.41, 5.74) is 2.66. The fraction of sp³-hybridized carbons (Fsp3) is 0.571. The van der Waals surface area contributed by atoms with E-state index in [9.17, 15) is 5.11 Å². The van der Waals surface area contributed by atoms with Crippen LogP contribution in [0.25, 0.3) is 0 Å². The van der Waals surface area contributed by atoms with Crippen LogP contribution in [0.2, 0.25) is 0 Å². The summed E-state index contributed by atoms with van der Waals surface area (Å²) in [4.78, 5) is 5.05. The fourth-order valence-electron chi connectivity index (χ4n) is 3.74. The zero-order valence-electron chi connectivity index (χ0n) is 16.1. The SMILES string of the molecule is CC(C)n1cc(CN2CCN(CCc3ccccc3)C(CCO)C2)cn1. The monoisotopic (exact) mass is 356 g/mol. The quantitative estimate of drug-likeness (QED) is 0.790. The minimum Gasteiger partial charge on any atom is -0.396 e. The van der Waals surface area contributed by atoms with E-state index in [0.29, 0.717) is 12.1 Å². The number of aliphatic hydroxyl groups is 1. The first-order valence-corrected chi connectivity index (χ1v) is 9.80. The molecule has 1 aromatic carbocycles. The van der Waals surface area contributed by atoms with Gasteiger partial charge in [-0.2, -0.15) is 5.10 Å². The van der Waals surface area contributed by atoms with Gasteiger partial charge in [0.1, 0.15) is 0 Å². The Morgan fingerprint density at radius 2 is 1.96 bits per heavy atom. The number of nitrogens with zero attached hydrogens (tertiary/aromatic N) is 4. The average molecular weight is 357 g/mol. The molecule has 3 rings (SSSR count). The number of hydrogen-bond donors (Lipinski definition) is 1. The third-order valence-electron chi connectivity index (χ3n) is 5.27. The molecule has 0 saturated carbocycles. The summed E-state index contributed by atoms with van der Waals surface area (Å²) in [5, 5.41) is 14.0. The predicted molar refractivity (Wildman–Crippen MR) is 105 cm³/mol. The van der Waals surface area contributed by atoms with Crippen molar-refractivity contribution in [2.24, 2.45) is 0 Å². The number of aromatic nitrogens is 2. The molecule has 1 N–H and O–H groups in total. The molecule has 5 nitrogen and oxygen atoms in total. The van der Waals surface area contributed by atoms with Crippen LogP contribution in [0.3, 0.4) is 0 Å². The average Bonchev–Trinajstić information content (AvgIpc) is 3.11. The molecule has 1 atom stereocenters. The van der Waals surface area contributed by atoms with Crippen LogP contribution in [0.15, 0.2) is 42.7 Å². The number of hydrogen-bond acceptors (Lipinski definition) is 4. The molecule has 2 heterocycles. The number of aliphatic hydroxyl groups excluding tert-OH is 1. The molecule has 1 aliphatic heterocycles. The Bertz CT molecular complexity index is 655. The summed E-state index contributed by atoms with van der Waals surface area (Å²) in [6, 6.07) is 11.5. The zero-order valence-corrected chi connectivity index (χ0v) is 16.1. The maximum absolute atomic E-state index is 9.50. The molecule has 0 bridgehead atoms. The van der Waals surface area contributed by atoms with Gasteiger partial charge in [-0.3, -0.25) is 14.5 Å². The van der Waals surface area contributed by atoms with Crippen molar-refractivity contribution in [1.29, 1.82) is 0 Å². The molecular formula is C21H32N4O. The van der Waals surface area contributed by atoms with Crippen molar-refractivity contribution >= 4 is 0 Å². The Kier molecular flexibility index (Phi) is 6.83. The van der Waals surface area contributed by atoms with E-state index in [0.717, 1.165) is 45.6 Å². The van der Waals surface area contributed by atoms with Crippen molar-refractivity contribution in [3.63, 3.8) is 0 Å². The van der Waals surface area contributed by atoms with Crippen LogP contribution in [-0.4, -0.2) is 63.5 Å². The van der Waals surface area contributed by atoms with Gasteiger partial charge in [0, 0.05) is 63.2 Å². The molecule has 1 aliphatic rings. The first kappa shape index (κ1) is 19.1. The van der Waals surface area contributed by atoms with Crippen molar-refractivity contribution in [1.82, 2.24) is 19.6 Å². The molecule has 0 spiro atoms. The lowest BCUT2D eigenvalue weighted by molar-refractivity contribution is 0.0562. The van der Waals surface area contributed by atoms with Crippen LogP contribution >= 0.6 is 0 Å². The Morgan fingerprint density at radius 1 is 1.15 bits per heavy atom. The summed E-state index contributed by atoms with van der Waals surface area (Å²) in [6.45, 7) is 9.72. The molecule has 5 heteroatoms. The van der Waals surface area contributed by atoms with E-state index in [-0.39, 0.29) is 6.61 Å². The predicted octanol–water partition coefficient (Wildman–Crippen LogP) is 2.58. The Labute approximate surface area is 157 Å². The van der Waals surface area contributed by atoms with E-state index in [4.69, 9.17) is 0 Å². The van der Waals surface area contributed by atoms with Gasteiger partial charge in [0.05, 0.1) is 6.20 Å². The molecule has 142 valence electrons. The lowest BCUT2D eigenvalue weighted by atomic mass is 10.1. The van der Waals surface area contributed by atoms with E-state index in [1.165, 1.54) is 11.1 Å². The highest BCUT2D eigenvalue weighted by Gasteiger charge is 2.26. The lowest BCUT2D eigenvalue weighted by Crippen LogP contribution is -2.53. The smallest absolute Gasteiger partial charge is 0.0534 e. The summed E-state index contributed by atoms with van der Waals surface area (Å²) in [7, 11) is 0. The standard InChI is InChI=1S/C21H32N4O/c1-18(2)25-16-20(14-22-25)15-23-11-12-24(21(17-23)9-13-26)10-8-19-6-4-3-5-7-19/h3-7,14,16,18,21,26H,8-13,15,17H2,1-2H3. The van der Waals surface area contributed by atoms with Crippen LogP contribution in [0.1, 0.15) is 37.4 Å². The van der Waals surface area contributed by atoms with E-state index >= 15 is 0 Å². The molecule has 1 fully saturated rings. The maximum Gasteiger partial charge on any atom is 0.0534 e. The molecular weight excluding hydrogens is 324 g/mol. The third kappa shape index (κ3) is 5.16. The minimum absolute atomic E-state index is 0.256. The first-order valence-electron chi connectivity index (χ1n) is 9.80. The first-order chi connectivity index (χ1) is 12.7. The van der Waals surface area contributed by atoms with Gasteiger partial charge in [-0.05, 0) is 32.3 Å². The van der Waals surface area contributed by atoms with Crippen molar-refractivity contribution < 1.29 is 5.11 Å². The Morgan fingerprint density at radius 3 is 2.65 bits per heavy atom. The molecule has 0 radical (unpaired) electrons. The van der Waals surface area contributed by atoms with Crippen LogP contribution in [0.5, 0.6) is 0 Å². The normalized spacial score (nSPS) is 19.3. The van der Waals surface area contributed by atoms with Gasteiger partial charge in [-0.15, -0.1) is 0 Å². The van der Waals surface area contributed by atoms with E-state index in [1.54, 1.807) is 0 Å². The van der Waals surface area contributed by atoms with Gasteiger partial charge < -0.3 is 5.11 Å². The summed E-state index contributed by atoms with van der Waals surface area (Å²) >= 11 is 0. The van der Waals surface area contributed by atoms with Gasteiger partial charge in [-0.25, -0.2) is 0 Å². The molecule has 1 unspecified atom stereocenters. The van der Waals surface area contributed by atoms with Crippen molar-refractivity contribution in [3.8, 4) is 0 Å². The van der Waals surface area contributed by atoms with Gasteiger partial charge in [0.15, 0.2) is 0 Å². The summed E-state index contributed by atoms with van der Waals surface area (Å²) < 4.78 is 2.02. The Hall–Kier alpha value is -1.69. The molecule has 26 heavy (non-hydrogen) atoms. The van der Waals surface area contributed by atoms with Crippen molar-refractivity contribution in [3.05, 3.63) is 53.9 Å². The highest BCUT2D eigenvalue weighted by Crippen LogP contribution is 2.17. The van der Waals surface area contributed by atoms with E-state index in [1.807, 2.05) is 10.9 Å². The van der Waals surface area contributed by atoms with Crippen molar-refractivity contribution in [2.75, 3.05) is 32.8 Å². The molecule has 1 saturated heterocycles. The number of piperazine rings is 1. The largest absolute Gasteiger partial charge is 0.396 e. The summed E-state index contributed by atoms with van der Waals surface area (Å²) in [5.74, 6) is 0. The topological polar surface area (TPSA) is 44.5 Å².